The Hall–Kier alpha value is -1.61. The van der Waals surface area contributed by atoms with Gasteiger partial charge in [0, 0.05) is 13.0 Å². The first-order chi connectivity index (χ1) is 12.7. The standard InChI is InChI=1S/C18H24F3NO4S/c1-11(10-25-2)22(14-8-9-27-15(14)17(24)26-3)16(23)12-4-6-13(7-5-12)18(19,20)21/h8-9,11-13H,4-7,10H2,1-3H3. The van der Waals surface area contributed by atoms with Crippen LogP contribution in [0, 0.1) is 11.8 Å². The predicted molar refractivity (Wildman–Crippen MR) is 96.0 cm³/mol. The SMILES string of the molecule is COCC(C)N(C(=O)C1CCC(C(F)(F)F)CC1)c1ccsc1C(=O)OC. The highest BCUT2D eigenvalue weighted by Crippen LogP contribution is 2.41. The van der Waals surface area contributed by atoms with Gasteiger partial charge < -0.3 is 14.4 Å². The molecular weight excluding hydrogens is 383 g/mol. The number of thiophene rings is 1. The second-order valence-electron chi connectivity index (χ2n) is 6.73. The number of methoxy groups -OCH3 is 2. The van der Waals surface area contributed by atoms with Crippen LogP contribution in [-0.2, 0) is 14.3 Å². The number of esters is 1. The van der Waals surface area contributed by atoms with Gasteiger partial charge in [-0.1, -0.05) is 0 Å². The third-order valence-corrected chi connectivity index (χ3v) is 5.78. The molecular formula is C18H24F3NO4S. The minimum Gasteiger partial charge on any atom is -0.465 e. The van der Waals surface area contributed by atoms with Gasteiger partial charge in [-0.25, -0.2) is 4.79 Å². The topological polar surface area (TPSA) is 55.8 Å². The average Bonchev–Trinajstić information content (AvgIpc) is 3.10. The van der Waals surface area contributed by atoms with Crippen LogP contribution in [0.25, 0.3) is 0 Å². The highest BCUT2D eigenvalue weighted by atomic mass is 32.1. The maximum Gasteiger partial charge on any atom is 0.391 e. The molecule has 0 saturated heterocycles. The summed E-state index contributed by atoms with van der Waals surface area (Å²) >= 11 is 1.16. The first kappa shape index (κ1) is 21.7. The lowest BCUT2D eigenvalue weighted by Crippen LogP contribution is -2.46. The largest absolute Gasteiger partial charge is 0.465 e. The number of ether oxygens (including phenoxy) is 2. The zero-order valence-electron chi connectivity index (χ0n) is 15.5. The smallest absolute Gasteiger partial charge is 0.391 e. The number of halogens is 3. The van der Waals surface area contributed by atoms with Gasteiger partial charge in [0.2, 0.25) is 5.91 Å². The summed E-state index contributed by atoms with van der Waals surface area (Å²) in [5.74, 6) is -2.68. The van der Waals surface area contributed by atoms with Crippen molar-refractivity contribution in [1.82, 2.24) is 0 Å². The van der Waals surface area contributed by atoms with Gasteiger partial charge in [0.1, 0.15) is 4.88 Å². The summed E-state index contributed by atoms with van der Waals surface area (Å²) in [4.78, 5) is 27.0. The number of nitrogens with zero attached hydrogens (tertiary/aromatic N) is 1. The van der Waals surface area contributed by atoms with Crippen LogP contribution in [0.15, 0.2) is 11.4 Å². The van der Waals surface area contributed by atoms with E-state index in [1.54, 1.807) is 18.4 Å². The molecule has 1 amide bonds. The second-order valence-corrected chi connectivity index (χ2v) is 7.65. The number of carbonyl (C=O) groups is 2. The minimum atomic E-state index is -4.22. The summed E-state index contributed by atoms with van der Waals surface area (Å²) < 4.78 is 48.6. The summed E-state index contributed by atoms with van der Waals surface area (Å²) in [6.07, 6.45) is -3.98. The quantitative estimate of drug-likeness (QED) is 0.661. The molecule has 1 aliphatic carbocycles. The van der Waals surface area contributed by atoms with Crippen LogP contribution >= 0.6 is 11.3 Å². The summed E-state index contributed by atoms with van der Waals surface area (Å²) in [6, 6.07) is 1.28. The molecule has 1 unspecified atom stereocenters. The number of alkyl halides is 3. The number of hydrogen-bond acceptors (Lipinski definition) is 5. The minimum absolute atomic E-state index is 0.0557. The Morgan fingerprint density at radius 1 is 1.26 bits per heavy atom. The molecule has 0 N–H and O–H groups in total. The van der Waals surface area contributed by atoms with E-state index in [1.807, 2.05) is 0 Å². The van der Waals surface area contributed by atoms with Crippen molar-refractivity contribution < 1.29 is 32.2 Å². The van der Waals surface area contributed by atoms with Gasteiger partial charge in [-0.15, -0.1) is 11.3 Å². The predicted octanol–water partition coefficient (Wildman–Crippen LogP) is 4.27. The van der Waals surface area contributed by atoms with E-state index in [9.17, 15) is 22.8 Å². The zero-order chi connectivity index (χ0) is 20.2. The van der Waals surface area contributed by atoms with E-state index in [0.717, 1.165) is 11.3 Å². The van der Waals surface area contributed by atoms with Crippen molar-refractivity contribution >= 4 is 28.9 Å². The lowest BCUT2D eigenvalue weighted by atomic mass is 9.81. The Balaban J connectivity index is 2.24. The van der Waals surface area contributed by atoms with E-state index in [-0.39, 0.29) is 49.1 Å². The summed E-state index contributed by atoms with van der Waals surface area (Å²) in [7, 11) is 2.76. The van der Waals surface area contributed by atoms with Crippen LogP contribution in [0.4, 0.5) is 18.9 Å². The molecule has 0 bridgehead atoms. The first-order valence-electron chi connectivity index (χ1n) is 8.75. The second kappa shape index (κ2) is 9.05. The van der Waals surface area contributed by atoms with Gasteiger partial charge >= 0.3 is 12.1 Å². The maximum absolute atomic E-state index is 13.2. The van der Waals surface area contributed by atoms with Crippen molar-refractivity contribution in [3.8, 4) is 0 Å². The molecule has 1 aromatic rings. The number of rotatable bonds is 6. The molecule has 0 aromatic carbocycles. The average molecular weight is 407 g/mol. The highest BCUT2D eigenvalue weighted by molar-refractivity contribution is 7.12. The van der Waals surface area contributed by atoms with Gasteiger partial charge in [-0.3, -0.25) is 4.79 Å². The van der Waals surface area contributed by atoms with Crippen molar-refractivity contribution in [1.29, 1.82) is 0 Å². The molecule has 27 heavy (non-hydrogen) atoms. The van der Waals surface area contributed by atoms with Crippen LogP contribution in [0.1, 0.15) is 42.3 Å². The summed E-state index contributed by atoms with van der Waals surface area (Å²) in [5.41, 5.74) is 0.416. The Morgan fingerprint density at radius 2 is 1.89 bits per heavy atom. The number of carbonyl (C=O) groups excluding carboxylic acids is 2. The van der Waals surface area contributed by atoms with Gasteiger partial charge in [0.15, 0.2) is 0 Å². The van der Waals surface area contributed by atoms with Gasteiger partial charge in [-0.2, -0.15) is 13.2 Å². The van der Waals surface area contributed by atoms with Gasteiger partial charge in [0.25, 0.3) is 0 Å². The first-order valence-corrected chi connectivity index (χ1v) is 9.63. The highest BCUT2D eigenvalue weighted by Gasteiger charge is 2.43. The molecule has 0 aliphatic heterocycles. The fourth-order valence-electron chi connectivity index (χ4n) is 3.49. The Kier molecular flexibility index (Phi) is 7.27. The monoisotopic (exact) mass is 407 g/mol. The van der Waals surface area contributed by atoms with E-state index in [1.165, 1.54) is 19.1 Å². The maximum atomic E-state index is 13.2. The zero-order valence-corrected chi connectivity index (χ0v) is 16.4. The van der Waals surface area contributed by atoms with E-state index in [4.69, 9.17) is 9.47 Å². The molecule has 2 rings (SSSR count). The number of hydrogen-bond donors (Lipinski definition) is 0. The van der Waals surface area contributed by atoms with Crippen molar-refractivity contribution in [2.75, 3.05) is 25.7 Å². The molecule has 1 aromatic heterocycles. The molecule has 1 atom stereocenters. The Morgan fingerprint density at radius 3 is 2.41 bits per heavy atom. The number of anilines is 1. The Bertz CT molecular complexity index is 653. The van der Waals surface area contributed by atoms with Crippen LogP contribution in [0.5, 0.6) is 0 Å². The van der Waals surface area contributed by atoms with E-state index in [0.29, 0.717) is 5.69 Å². The van der Waals surface area contributed by atoms with E-state index in [2.05, 4.69) is 0 Å². The lowest BCUT2D eigenvalue weighted by molar-refractivity contribution is -0.184. The molecule has 1 aliphatic rings. The molecule has 1 saturated carbocycles. The van der Waals surface area contributed by atoms with E-state index < -0.39 is 24.0 Å². The van der Waals surface area contributed by atoms with Crippen LogP contribution in [0.3, 0.4) is 0 Å². The van der Waals surface area contributed by atoms with Crippen molar-refractivity contribution in [3.63, 3.8) is 0 Å². The normalized spacial score (nSPS) is 21.6. The third-order valence-electron chi connectivity index (χ3n) is 4.90. The Labute approximate surface area is 160 Å². The van der Waals surface area contributed by atoms with Crippen molar-refractivity contribution in [2.45, 2.75) is 44.8 Å². The third kappa shape index (κ3) is 5.01. The molecule has 5 nitrogen and oxygen atoms in total. The van der Waals surface area contributed by atoms with Crippen LogP contribution in [-0.4, -0.2) is 44.9 Å². The summed E-state index contributed by atoms with van der Waals surface area (Å²) in [6.45, 7) is 2.02. The molecule has 1 fully saturated rings. The fraction of sp³-hybridized carbons (Fsp3) is 0.667. The van der Waals surface area contributed by atoms with Crippen molar-refractivity contribution in [2.24, 2.45) is 11.8 Å². The fourth-order valence-corrected chi connectivity index (χ4v) is 4.29. The molecule has 152 valence electrons. The molecule has 0 radical (unpaired) electrons. The number of amides is 1. The van der Waals surface area contributed by atoms with E-state index >= 15 is 0 Å². The van der Waals surface area contributed by atoms with Crippen LogP contribution < -0.4 is 4.90 Å². The molecule has 0 spiro atoms. The summed E-state index contributed by atoms with van der Waals surface area (Å²) in [5, 5.41) is 1.68. The lowest BCUT2D eigenvalue weighted by Gasteiger charge is -2.35. The molecule has 9 heteroatoms. The van der Waals surface area contributed by atoms with Crippen LogP contribution in [0.2, 0.25) is 0 Å². The van der Waals surface area contributed by atoms with Gasteiger partial charge in [-0.05, 0) is 44.1 Å². The molecule has 1 heterocycles. The van der Waals surface area contributed by atoms with Crippen molar-refractivity contribution in [3.05, 3.63) is 16.3 Å². The van der Waals surface area contributed by atoms with Gasteiger partial charge in [0.05, 0.1) is 31.4 Å².